The lowest BCUT2D eigenvalue weighted by Gasteiger charge is -2.24. The van der Waals surface area contributed by atoms with Crippen molar-refractivity contribution in [2.45, 2.75) is 32.2 Å². The molecule has 1 aliphatic rings. The van der Waals surface area contributed by atoms with E-state index in [9.17, 15) is 0 Å². The molecule has 1 aliphatic carbocycles. The van der Waals surface area contributed by atoms with Crippen molar-refractivity contribution in [2.24, 2.45) is 5.73 Å². The largest absolute Gasteiger partial charge is 0.382 e. The summed E-state index contributed by atoms with van der Waals surface area (Å²) in [6.07, 6.45) is 5.42. The molecule has 0 amide bonds. The Balaban J connectivity index is 2.22. The number of aromatic nitrogens is 1. The van der Waals surface area contributed by atoms with Crippen LogP contribution < -0.4 is 10.6 Å². The number of nitrogens with one attached hydrogen (secondary N) is 1. The van der Waals surface area contributed by atoms with Crippen LogP contribution in [0.1, 0.15) is 31.9 Å². The summed E-state index contributed by atoms with van der Waals surface area (Å²) < 4.78 is 0. The maximum Gasteiger partial charge on any atom is 0.141 e. The van der Waals surface area contributed by atoms with Crippen LogP contribution in [0.15, 0.2) is 18.3 Å². The molecule has 4 heteroatoms. The first kappa shape index (κ1) is 10.9. The average molecular weight is 218 g/mol. The minimum atomic E-state index is 0.0362. The molecule has 0 aliphatic heterocycles. The van der Waals surface area contributed by atoms with Gasteiger partial charge >= 0.3 is 0 Å². The van der Waals surface area contributed by atoms with Crippen LogP contribution in [0.2, 0.25) is 0 Å². The van der Waals surface area contributed by atoms with Crippen LogP contribution in [0.3, 0.4) is 0 Å². The molecule has 0 aromatic carbocycles. The molecular weight excluding hydrogens is 200 g/mol. The van der Waals surface area contributed by atoms with Gasteiger partial charge in [-0.05, 0) is 31.4 Å². The fourth-order valence-electron chi connectivity index (χ4n) is 1.89. The van der Waals surface area contributed by atoms with E-state index in [1.807, 2.05) is 12.1 Å². The third-order valence-electron chi connectivity index (χ3n) is 2.80. The highest BCUT2D eigenvalue weighted by Crippen LogP contribution is 2.31. The van der Waals surface area contributed by atoms with Crippen molar-refractivity contribution in [2.75, 3.05) is 11.4 Å². The molecule has 3 N–H and O–H groups in total. The third-order valence-corrected chi connectivity index (χ3v) is 2.80. The number of hydrogen-bond donors (Lipinski definition) is 2. The van der Waals surface area contributed by atoms with Gasteiger partial charge in [0.25, 0.3) is 0 Å². The molecule has 86 valence electrons. The molecule has 0 spiro atoms. The van der Waals surface area contributed by atoms with Gasteiger partial charge < -0.3 is 10.6 Å². The van der Waals surface area contributed by atoms with Crippen molar-refractivity contribution in [1.82, 2.24) is 4.98 Å². The van der Waals surface area contributed by atoms with Gasteiger partial charge in [0.15, 0.2) is 0 Å². The Kier molecular flexibility index (Phi) is 3.08. The molecule has 16 heavy (non-hydrogen) atoms. The first-order valence-electron chi connectivity index (χ1n) is 5.79. The number of anilines is 1. The van der Waals surface area contributed by atoms with Crippen LogP contribution in [-0.2, 0) is 0 Å². The monoisotopic (exact) mass is 218 g/mol. The predicted molar refractivity (Wildman–Crippen MR) is 65.9 cm³/mol. The van der Waals surface area contributed by atoms with Gasteiger partial charge in [0.2, 0.25) is 0 Å². The van der Waals surface area contributed by atoms with Crippen molar-refractivity contribution in [3.8, 4) is 0 Å². The highest BCUT2D eigenvalue weighted by molar-refractivity contribution is 5.93. The van der Waals surface area contributed by atoms with Crippen LogP contribution >= 0.6 is 0 Å². The second kappa shape index (κ2) is 4.51. The summed E-state index contributed by atoms with van der Waals surface area (Å²) in [5, 5.41) is 7.39. The number of nitrogens with two attached hydrogens (primary N) is 1. The normalized spacial score (nSPS) is 14.8. The first-order valence-corrected chi connectivity index (χ1v) is 5.79. The number of hydrogen-bond acceptors (Lipinski definition) is 3. The third kappa shape index (κ3) is 2.32. The Hall–Kier alpha value is -1.58. The molecule has 4 nitrogen and oxygen atoms in total. The Labute approximate surface area is 96.0 Å². The minimum absolute atomic E-state index is 0.0362. The van der Waals surface area contributed by atoms with E-state index in [-0.39, 0.29) is 5.84 Å². The van der Waals surface area contributed by atoms with Crippen LogP contribution in [0.4, 0.5) is 5.69 Å². The number of nitrogen functional groups attached to an aromatic ring is 1. The SMILES string of the molecule is CCCN(c1ccnc(C(=N)N)c1)C1CC1. The van der Waals surface area contributed by atoms with Crippen molar-refractivity contribution >= 4 is 11.5 Å². The van der Waals surface area contributed by atoms with Gasteiger partial charge in [-0.25, -0.2) is 0 Å². The van der Waals surface area contributed by atoms with Crippen molar-refractivity contribution in [3.05, 3.63) is 24.0 Å². The lowest BCUT2D eigenvalue weighted by atomic mass is 10.2. The minimum Gasteiger partial charge on any atom is -0.382 e. The molecule has 0 radical (unpaired) electrons. The fraction of sp³-hybridized carbons (Fsp3) is 0.500. The van der Waals surface area contributed by atoms with Gasteiger partial charge in [0, 0.05) is 24.5 Å². The van der Waals surface area contributed by atoms with Gasteiger partial charge in [0.05, 0.1) is 0 Å². The molecular formula is C12H18N4. The first-order chi connectivity index (χ1) is 7.72. The lowest BCUT2D eigenvalue weighted by molar-refractivity contribution is 0.762. The number of nitrogens with zero attached hydrogens (tertiary/aromatic N) is 2. The standard InChI is InChI=1S/C12H18N4/c1-2-7-16(9-3-4-9)10-5-6-15-11(8-10)12(13)14/h5-6,8-9H,2-4,7H2,1H3,(H3,13,14). The maximum absolute atomic E-state index is 7.39. The summed E-state index contributed by atoms with van der Waals surface area (Å²) >= 11 is 0. The zero-order valence-electron chi connectivity index (χ0n) is 9.61. The van der Waals surface area contributed by atoms with Gasteiger partial charge in [-0.3, -0.25) is 10.4 Å². The molecule has 1 heterocycles. The summed E-state index contributed by atoms with van der Waals surface area (Å²) in [6, 6.07) is 4.60. The predicted octanol–water partition coefficient (Wildman–Crippen LogP) is 1.74. The molecule has 0 unspecified atom stereocenters. The van der Waals surface area contributed by atoms with Gasteiger partial charge in [-0.1, -0.05) is 6.92 Å². The Bertz CT molecular complexity index is 384. The quantitative estimate of drug-likeness (QED) is 0.584. The summed E-state index contributed by atoms with van der Waals surface area (Å²) in [7, 11) is 0. The van der Waals surface area contributed by atoms with Crippen LogP contribution in [0.5, 0.6) is 0 Å². The van der Waals surface area contributed by atoms with Crippen LogP contribution in [-0.4, -0.2) is 23.4 Å². The summed E-state index contributed by atoms with van der Waals surface area (Å²) in [6.45, 7) is 3.24. The highest BCUT2D eigenvalue weighted by Gasteiger charge is 2.28. The van der Waals surface area contributed by atoms with Crippen LogP contribution in [0.25, 0.3) is 0 Å². The van der Waals surface area contributed by atoms with E-state index < -0.39 is 0 Å². The summed E-state index contributed by atoms with van der Waals surface area (Å²) in [5.74, 6) is 0.0362. The maximum atomic E-state index is 7.39. The average Bonchev–Trinajstić information content (AvgIpc) is 3.10. The van der Waals surface area contributed by atoms with E-state index in [1.165, 1.54) is 12.8 Å². The Morgan fingerprint density at radius 2 is 2.38 bits per heavy atom. The molecule has 2 rings (SSSR count). The van der Waals surface area contributed by atoms with Gasteiger partial charge in [0.1, 0.15) is 11.5 Å². The molecule has 1 fully saturated rings. The number of pyridine rings is 1. The zero-order valence-corrected chi connectivity index (χ0v) is 9.61. The lowest BCUT2D eigenvalue weighted by Crippen LogP contribution is -2.27. The molecule has 1 aromatic heterocycles. The molecule has 1 saturated carbocycles. The second-order valence-corrected chi connectivity index (χ2v) is 4.24. The molecule has 0 saturated heterocycles. The number of rotatable bonds is 5. The topological polar surface area (TPSA) is 66.0 Å². The molecule has 1 aromatic rings. The van der Waals surface area contributed by atoms with Crippen molar-refractivity contribution < 1.29 is 0 Å². The van der Waals surface area contributed by atoms with E-state index in [2.05, 4.69) is 16.8 Å². The highest BCUT2D eigenvalue weighted by atomic mass is 15.2. The van der Waals surface area contributed by atoms with Gasteiger partial charge in [-0.15, -0.1) is 0 Å². The molecule has 0 atom stereocenters. The fourth-order valence-corrected chi connectivity index (χ4v) is 1.89. The second-order valence-electron chi connectivity index (χ2n) is 4.24. The smallest absolute Gasteiger partial charge is 0.141 e. The van der Waals surface area contributed by atoms with Crippen molar-refractivity contribution in [1.29, 1.82) is 5.41 Å². The van der Waals surface area contributed by atoms with E-state index in [1.54, 1.807) is 6.20 Å². The van der Waals surface area contributed by atoms with Crippen LogP contribution in [0, 0.1) is 5.41 Å². The Morgan fingerprint density at radius 3 is 2.94 bits per heavy atom. The van der Waals surface area contributed by atoms with E-state index >= 15 is 0 Å². The van der Waals surface area contributed by atoms with Gasteiger partial charge in [-0.2, -0.15) is 0 Å². The summed E-state index contributed by atoms with van der Waals surface area (Å²) in [4.78, 5) is 6.48. The number of amidine groups is 1. The Morgan fingerprint density at radius 1 is 1.62 bits per heavy atom. The van der Waals surface area contributed by atoms with E-state index in [0.717, 1.165) is 18.7 Å². The van der Waals surface area contributed by atoms with E-state index in [4.69, 9.17) is 11.1 Å². The van der Waals surface area contributed by atoms with E-state index in [0.29, 0.717) is 11.7 Å². The zero-order chi connectivity index (χ0) is 11.5. The molecule has 0 bridgehead atoms. The summed E-state index contributed by atoms with van der Waals surface area (Å²) in [5.41, 5.74) is 7.16. The van der Waals surface area contributed by atoms with Crippen molar-refractivity contribution in [3.63, 3.8) is 0 Å².